The predicted molar refractivity (Wildman–Crippen MR) is 95.4 cm³/mol. The molecule has 3 heterocycles. The van der Waals surface area contributed by atoms with Crippen molar-refractivity contribution in [2.45, 2.75) is 13.8 Å². The molecule has 2 aromatic heterocycles. The average molecular weight is 351 g/mol. The number of anilines is 2. The van der Waals surface area contributed by atoms with E-state index in [2.05, 4.69) is 25.7 Å². The number of benzene rings is 1. The number of fused-ring (bicyclic) bond motifs is 1. The fourth-order valence-electron chi connectivity index (χ4n) is 2.92. The van der Waals surface area contributed by atoms with Crippen LogP contribution in [0.1, 0.15) is 22.0 Å². The highest BCUT2D eigenvalue weighted by Crippen LogP contribution is 2.21. The number of rotatable bonds is 3. The lowest BCUT2D eigenvalue weighted by atomic mass is 10.2. The Morgan fingerprint density at radius 2 is 2.08 bits per heavy atom. The highest BCUT2D eigenvalue weighted by atomic mass is 16.2. The van der Waals surface area contributed by atoms with Crippen molar-refractivity contribution in [3.63, 3.8) is 0 Å². The number of carbonyl (C=O) groups excluding carboxylic acids is 2. The van der Waals surface area contributed by atoms with Gasteiger partial charge >= 0.3 is 6.03 Å². The van der Waals surface area contributed by atoms with E-state index in [1.165, 1.54) is 4.52 Å². The number of aromatic nitrogens is 4. The Kier molecular flexibility index (Phi) is 3.76. The molecule has 0 atom stereocenters. The third-order valence-electron chi connectivity index (χ3n) is 4.09. The van der Waals surface area contributed by atoms with Crippen LogP contribution < -0.4 is 15.5 Å². The topological polar surface area (TPSA) is 105 Å². The largest absolute Gasteiger partial charge is 0.336 e. The summed E-state index contributed by atoms with van der Waals surface area (Å²) in [7, 11) is 0. The van der Waals surface area contributed by atoms with E-state index in [1.807, 2.05) is 26.0 Å². The van der Waals surface area contributed by atoms with Crippen LogP contribution >= 0.6 is 0 Å². The average Bonchev–Trinajstić information content (AvgIpc) is 3.21. The molecule has 4 rings (SSSR count). The Morgan fingerprint density at radius 1 is 1.23 bits per heavy atom. The van der Waals surface area contributed by atoms with Crippen molar-refractivity contribution in [1.29, 1.82) is 0 Å². The van der Waals surface area contributed by atoms with E-state index in [0.29, 0.717) is 30.2 Å². The van der Waals surface area contributed by atoms with Crippen LogP contribution in [0.3, 0.4) is 0 Å². The summed E-state index contributed by atoms with van der Waals surface area (Å²) in [6, 6.07) is 8.81. The van der Waals surface area contributed by atoms with Crippen LogP contribution in [0, 0.1) is 13.8 Å². The van der Waals surface area contributed by atoms with Gasteiger partial charge in [0.05, 0.1) is 0 Å². The minimum Gasteiger partial charge on any atom is -0.336 e. The van der Waals surface area contributed by atoms with Crippen molar-refractivity contribution in [3.8, 4) is 0 Å². The molecule has 1 aliphatic heterocycles. The molecule has 9 heteroatoms. The zero-order valence-electron chi connectivity index (χ0n) is 14.4. The molecular formula is C17H17N7O2. The molecule has 9 nitrogen and oxygen atoms in total. The minimum atomic E-state index is -0.435. The molecule has 1 aliphatic rings. The zero-order valence-corrected chi connectivity index (χ0v) is 14.4. The van der Waals surface area contributed by atoms with E-state index in [1.54, 1.807) is 23.1 Å². The highest BCUT2D eigenvalue weighted by molar-refractivity contribution is 6.02. The monoisotopic (exact) mass is 351 g/mol. The predicted octanol–water partition coefficient (Wildman–Crippen LogP) is 1.52. The summed E-state index contributed by atoms with van der Waals surface area (Å²) >= 11 is 0. The Morgan fingerprint density at radius 3 is 2.85 bits per heavy atom. The first kappa shape index (κ1) is 16.0. The molecule has 0 saturated carbocycles. The van der Waals surface area contributed by atoms with Crippen molar-refractivity contribution in [3.05, 3.63) is 47.5 Å². The number of hydrogen-bond acceptors (Lipinski definition) is 5. The van der Waals surface area contributed by atoms with Gasteiger partial charge in [0.1, 0.15) is 0 Å². The summed E-state index contributed by atoms with van der Waals surface area (Å²) in [5.74, 6) is -0.0127. The van der Waals surface area contributed by atoms with E-state index in [4.69, 9.17) is 0 Å². The van der Waals surface area contributed by atoms with Crippen LogP contribution in [-0.4, -0.2) is 44.6 Å². The van der Waals surface area contributed by atoms with Crippen LogP contribution in [0.2, 0.25) is 0 Å². The number of amides is 3. The van der Waals surface area contributed by atoms with E-state index in [0.717, 1.165) is 11.4 Å². The minimum absolute atomic E-state index is 0.0375. The van der Waals surface area contributed by atoms with Crippen molar-refractivity contribution in [2.24, 2.45) is 0 Å². The van der Waals surface area contributed by atoms with Gasteiger partial charge in [-0.15, -0.1) is 5.10 Å². The van der Waals surface area contributed by atoms with Gasteiger partial charge in [0.2, 0.25) is 5.82 Å². The summed E-state index contributed by atoms with van der Waals surface area (Å²) in [5.41, 5.74) is 2.94. The molecule has 3 amide bonds. The second-order valence-corrected chi connectivity index (χ2v) is 6.07. The van der Waals surface area contributed by atoms with Crippen LogP contribution in [0.15, 0.2) is 30.3 Å². The molecule has 0 unspecified atom stereocenters. The molecule has 0 bridgehead atoms. The number of carbonyl (C=O) groups is 2. The third kappa shape index (κ3) is 2.83. The van der Waals surface area contributed by atoms with E-state index < -0.39 is 5.91 Å². The Balaban J connectivity index is 1.58. The van der Waals surface area contributed by atoms with Gasteiger partial charge in [0.15, 0.2) is 0 Å². The number of urea groups is 1. The lowest BCUT2D eigenvalue weighted by Crippen LogP contribution is -2.27. The van der Waals surface area contributed by atoms with Crippen molar-refractivity contribution >= 4 is 29.1 Å². The molecule has 2 N–H and O–H groups in total. The summed E-state index contributed by atoms with van der Waals surface area (Å²) in [5, 5.41) is 9.74. The van der Waals surface area contributed by atoms with Gasteiger partial charge < -0.3 is 10.6 Å². The SMILES string of the molecule is Cc1cc(C)n2nc(C(=O)Nc3cccc(N4CCNC4=O)c3)nc2n1. The van der Waals surface area contributed by atoms with Crippen LogP contribution in [0.25, 0.3) is 5.78 Å². The van der Waals surface area contributed by atoms with Gasteiger partial charge in [-0.3, -0.25) is 9.69 Å². The van der Waals surface area contributed by atoms with Crippen molar-refractivity contribution in [1.82, 2.24) is 24.9 Å². The number of nitrogens with zero attached hydrogens (tertiary/aromatic N) is 5. The Hall–Kier alpha value is -3.49. The van der Waals surface area contributed by atoms with Gasteiger partial charge in [-0.2, -0.15) is 4.98 Å². The molecule has 1 aromatic carbocycles. The fourth-order valence-corrected chi connectivity index (χ4v) is 2.92. The quantitative estimate of drug-likeness (QED) is 0.744. The highest BCUT2D eigenvalue weighted by Gasteiger charge is 2.21. The lowest BCUT2D eigenvalue weighted by Gasteiger charge is -2.15. The normalized spacial score (nSPS) is 13.9. The van der Waals surface area contributed by atoms with Gasteiger partial charge in [-0.05, 0) is 38.1 Å². The van der Waals surface area contributed by atoms with Gasteiger partial charge in [-0.1, -0.05) is 6.07 Å². The van der Waals surface area contributed by atoms with Crippen molar-refractivity contribution < 1.29 is 9.59 Å². The number of hydrogen-bond donors (Lipinski definition) is 2. The van der Waals surface area contributed by atoms with Gasteiger partial charge in [0.25, 0.3) is 11.7 Å². The zero-order chi connectivity index (χ0) is 18.3. The summed E-state index contributed by atoms with van der Waals surface area (Å²) in [6.45, 7) is 4.94. The van der Waals surface area contributed by atoms with Crippen LogP contribution in [0.5, 0.6) is 0 Å². The van der Waals surface area contributed by atoms with Gasteiger partial charge in [0, 0.05) is 35.9 Å². The molecule has 0 radical (unpaired) electrons. The summed E-state index contributed by atoms with van der Waals surface area (Å²) in [6.07, 6.45) is 0. The molecule has 3 aromatic rings. The molecule has 132 valence electrons. The molecule has 0 aliphatic carbocycles. The van der Waals surface area contributed by atoms with Crippen LogP contribution in [-0.2, 0) is 0 Å². The Bertz CT molecular complexity index is 1030. The van der Waals surface area contributed by atoms with E-state index >= 15 is 0 Å². The first-order valence-corrected chi connectivity index (χ1v) is 8.19. The van der Waals surface area contributed by atoms with E-state index in [-0.39, 0.29) is 11.9 Å². The fraction of sp³-hybridized carbons (Fsp3) is 0.235. The first-order chi connectivity index (χ1) is 12.5. The smallest absolute Gasteiger partial charge is 0.321 e. The first-order valence-electron chi connectivity index (χ1n) is 8.19. The maximum absolute atomic E-state index is 12.5. The van der Waals surface area contributed by atoms with Gasteiger partial charge in [-0.25, -0.2) is 14.3 Å². The van der Waals surface area contributed by atoms with Crippen molar-refractivity contribution in [2.75, 3.05) is 23.3 Å². The Labute approximate surface area is 149 Å². The number of nitrogens with one attached hydrogen (secondary N) is 2. The van der Waals surface area contributed by atoms with Crippen LogP contribution in [0.4, 0.5) is 16.2 Å². The summed E-state index contributed by atoms with van der Waals surface area (Å²) < 4.78 is 1.53. The maximum atomic E-state index is 12.5. The molecule has 26 heavy (non-hydrogen) atoms. The standard InChI is InChI=1S/C17H17N7O2/c1-10-8-11(2)24-16(19-10)21-14(22-24)15(25)20-12-4-3-5-13(9-12)23-7-6-18-17(23)26/h3-5,8-9H,6-7H2,1-2H3,(H,18,26)(H,20,25). The molecule has 1 saturated heterocycles. The number of aryl methyl sites for hydroxylation is 2. The molecular weight excluding hydrogens is 334 g/mol. The lowest BCUT2D eigenvalue weighted by molar-refractivity contribution is 0.101. The maximum Gasteiger partial charge on any atom is 0.321 e. The summed E-state index contributed by atoms with van der Waals surface area (Å²) in [4.78, 5) is 34.4. The molecule has 0 spiro atoms. The molecule has 1 fully saturated rings. The van der Waals surface area contributed by atoms with E-state index in [9.17, 15) is 9.59 Å². The second-order valence-electron chi connectivity index (χ2n) is 6.07. The third-order valence-corrected chi connectivity index (χ3v) is 4.09. The second kappa shape index (κ2) is 6.10.